The summed E-state index contributed by atoms with van der Waals surface area (Å²) in [4.78, 5) is 12.4. The molecule has 4 heteroatoms. The Labute approximate surface area is 354 Å². The lowest BCUT2D eigenvalue weighted by Gasteiger charge is -2.28. The summed E-state index contributed by atoms with van der Waals surface area (Å²) in [6, 6.07) is 65.1. The molecule has 0 spiro atoms. The van der Waals surface area contributed by atoms with Gasteiger partial charge in [-0.2, -0.15) is 0 Å². The molecule has 6 aromatic carbocycles. The second-order valence-corrected chi connectivity index (χ2v) is 16.5. The van der Waals surface area contributed by atoms with Crippen molar-refractivity contribution in [2.24, 2.45) is 11.8 Å². The van der Waals surface area contributed by atoms with E-state index in [-0.39, 0.29) is 0 Å². The van der Waals surface area contributed by atoms with Crippen LogP contribution in [0, 0.1) is 11.8 Å². The lowest BCUT2D eigenvalue weighted by Crippen LogP contribution is -2.12. The highest BCUT2D eigenvalue weighted by molar-refractivity contribution is 5.95. The van der Waals surface area contributed by atoms with E-state index in [2.05, 4.69) is 219 Å². The minimum atomic E-state index is 0.460. The van der Waals surface area contributed by atoms with E-state index in [4.69, 9.17) is 9.97 Å². The first kappa shape index (κ1) is 38.5. The molecule has 0 saturated heterocycles. The monoisotopic (exact) mass is 778 g/mol. The van der Waals surface area contributed by atoms with Crippen LogP contribution in [-0.2, 0) is 12.8 Å². The summed E-state index contributed by atoms with van der Waals surface area (Å²) in [6.45, 7) is 9.29. The van der Waals surface area contributed by atoms with Gasteiger partial charge in [-0.25, -0.2) is 4.98 Å². The number of hydrogen-bond donors (Lipinski definition) is 0. The van der Waals surface area contributed by atoms with E-state index in [0.717, 1.165) is 74.7 Å². The molecule has 0 radical (unpaired) electrons. The quantitative estimate of drug-likeness (QED) is 0.124. The molecule has 0 atom stereocenters. The number of pyridine rings is 2. The van der Waals surface area contributed by atoms with Crippen LogP contribution in [0.25, 0.3) is 61.4 Å². The minimum absolute atomic E-state index is 0.460. The molecule has 0 fully saturated rings. The number of para-hydroxylation sites is 1. The fourth-order valence-corrected chi connectivity index (χ4v) is 8.55. The van der Waals surface area contributed by atoms with E-state index in [0.29, 0.717) is 11.8 Å². The molecule has 0 bridgehead atoms. The van der Waals surface area contributed by atoms with Crippen LogP contribution in [0.15, 0.2) is 194 Å². The van der Waals surface area contributed by atoms with Gasteiger partial charge in [-0.1, -0.05) is 155 Å². The molecule has 9 aromatic rings. The number of fused-ring (bicyclic) bond motifs is 1. The molecule has 0 aliphatic carbocycles. The maximum absolute atomic E-state index is 5.11. The number of aromatic nitrogens is 3. The van der Waals surface area contributed by atoms with Crippen LogP contribution in [0.5, 0.6) is 0 Å². The van der Waals surface area contributed by atoms with Crippen molar-refractivity contribution in [2.75, 3.05) is 4.90 Å². The van der Waals surface area contributed by atoms with Crippen molar-refractivity contribution in [3.63, 3.8) is 0 Å². The van der Waals surface area contributed by atoms with Crippen molar-refractivity contribution in [3.8, 4) is 50.5 Å². The van der Waals surface area contributed by atoms with Crippen LogP contribution in [0.1, 0.15) is 39.0 Å². The zero-order valence-corrected chi connectivity index (χ0v) is 34.8. The van der Waals surface area contributed by atoms with Crippen molar-refractivity contribution in [1.82, 2.24) is 14.5 Å². The highest BCUT2D eigenvalue weighted by atomic mass is 15.2. The van der Waals surface area contributed by atoms with Gasteiger partial charge in [0.15, 0.2) is 0 Å². The molecule has 0 saturated carbocycles. The molecular formula is C56H50N4. The Kier molecular flexibility index (Phi) is 10.9. The normalized spacial score (nSPS) is 11.4. The van der Waals surface area contributed by atoms with Gasteiger partial charge >= 0.3 is 0 Å². The predicted molar refractivity (Wildman–Crippen MR) is 252 cm³/mol. The number of hydrogen-bond acceptors (Lipinski definition) is 3. The summed E-state index contributed by atoms with van der Waals surface area (Å²) >= 11 is 0. The van der Waals surface area contributed by atoms with Crippen LogP contribution in [0.3, 0.4) is 0 Å². The van der Waals surface area contributed by atoms with Gasteiger partial charge in [0.05, 0.1) is 16.9 Å². The van der Waals surface area contributed by atoms with Gasteiger partial charge < -0.3 is 4.90 Å². The molecular weight excluding hydrogens is 729 g/mol. The van der Waals surface area contributed by atoms with Gasteiger partial charge in [-0.05, 0) is 113 Å². The molecule has 0 aliphatic rings. The topological polar surface area (TPSA) is 34.0 Å². The van der Waals surface area contributed by atoms with Crippen LogP contribution in [0.4, 0.5) is 17.1 Å². The van der Waals surface area contributed by atoms with Crippen LogP contribution in [-0.4, -0.2) is 14.5 Å². The third-order valence-corrected chi connectivity index (χ3v) is 11.2. The number of rotatable bonds is 12. The lowest BCUT2D eigenvalue weighted by atomic mass is 9.96. The van der Waals surface area contributed by atoms with Gasteiger partial charge in [0.2, 0.25) is 0 Å². The summed E-state index contributed by atoms with van der Waals surface area (Å²) in [6.07, 6.45) is 5.81. The zero-order valence-electron chi connectivity index (χ0n) is 34.8. The first-order valence-corrected chi connectivity index (χ1v) is 21.2. The van der Waals surface area contributed by atoms with Crippen molar-refractivity contribution in [1.29, 1.82) is 0 Å². The average molecular weight is 779 g/mol. The van der Waals surface area contributed by atoms with E-state index >= 15 is 0 Å². The van der Waals surface area contributed by atoms with Gasteiger partial charge in [0.25, 0.3) is 0 Å². The van der Waals surface area contributed by atoms with Crippen LogP contribution < -0.4 is 4.90 Å². The van der Waals surface area contributed by atoms with E-state index < -0.39 is 0 Å². The Bertz CT molecular complexity index is 2870. The molecule has 294 valence electrons. The zero-order chi connectivity index (χ0) is 41.0. The Balaban J connectivity index is 1.28. The second-order valence-electron chi connectivity index (χ2n) is 16.5. The maximum Gasteiger partial charge on any atom is 0.137 e. The Morgan fingerprint density at radius 3 is 1.73 bits per heavy atom. The highest BCUT2D eigenvalue weighted by Gasteiger charge is 2.24. The number of benzene rings is 6. The largest absolute Gasteiger partial charge is 0.310 e. The molecule has 0 N–H and O–H groups in total. The van der Waals surface area contributed by atoms with Gasteiger partial charge in [0.1, 0.15) is 5.82 Å². The SMILES string of the molecule is CC(C)Cc1c(CC(C)C)n(-c2cc(-c3ccccc3)ccn2)c2cc(N(c3cccc(-c4cc(-c5ccccc5)ccn4)c3)c3ccccc3-c3ccccc3)ccc12. The van der Waals surface area contributed by atoms with E-state index in [1.54, 1.807) is 0 Å². The average Bonchev–Trinajstić information content (AvgIpc) is 3.58. The van der Waals surface area contributed by atoms with Gasteiger partial charge in [-0.3, -0.25) is 9.55 Å². The van der Waals surface area contributed by atoms with Crippen LogP contribution >= 0.6 is 0 Å². The standard InChI is InChI=1S/C56H50N4/c1-39(2)33-51-50-28-27-48(38-55(50)60(54(51)34-40(3)4)56-37-45(30-32-58-56)42-19-10-6-11-20-42)59(53-26-15-14-25-49(53)43-21-12-7-13-22-43)47-24-16-23-46(35-47)52-36-44(29-31-57-52)41-17-8-5-9-18-41/h5-32,35-40H,33-34H2,1-4H3. The van der Waals surface area contributed by atoms with E-state index in [9.17, 15) is 0 Å². The van der Waals surface area contributed by atoms with Gasteiger partial charge in [-0.15, -0.1) is 0 Å². The molecule has 3 aromatic heterocycles. The maximum atomic E-state index is 5.11. The van der Waals surface area contributed by atoms with Crippen molar-refractivity contribution in [3.05, 3.63) is 206 Å². The lowest BCUT2D eigenvalue weighted by molar-refractivity contribution is 0.603. The summed E-state index contributed by atoms with van der Waals surface area (Å²) in [5.74, 6) is 1.89. The smallest absolute Gasteiger partial charge is 0.137 e. The van der Waals surface area contributed by atoms with E-state index in [1.807, 2.05) is 12.4 Å². The third-order valence-electron chi connectivity index (χ3n) is 11.2. The Morgan fingerprint density at radius 1 is 0.467 bits per heavy atom. The molecule has 0 unspecified atom stereocenters. The number of nitrogens with zero attached hydrogens (tertiary/aromatic N) is 4. The first-order valence-electron chi connectivity index (χ1n) is 21.2. The molecule has 0 aliphatic heterocycles. The van der Waals surface area contributed by atoms with Gasteiger partial charge in [0, 0.05) is 46.0 Å². The fraction of sp³-hybridized carbons (Fsp3) is 0.143. The molecule has 4 nitrogen and oxygen atoms in total. The molecule has 0 amide bonds. The third kappa shape index (κ3) is 7.89. The first-order chi connectivity index (χ1) is 29.4. The predicted octanol–water partition coefficient (Wildman–Crippen LogP) is 15.0. The second kappa shape index (κ2) is 17.1. The highest BCUT2D eigenvalue weighted by Crippen LogP contribution is 2.44. The molecule has 9 rings (SSSR count). The van der Waals surface area contributed by atoms with Crippen molar-refractivity contribution >= 4 is 28.0 Å². The van der Waals surface area contributed by atoms with Crippen LogP contribution in [0.2, 0.25) is 0 Å². The summed E-state index contributed by atoms with van der Waals surface area (Å²) in [7, 11) is 0. The Hall–Kier alpha value is -7.04. The fourth-order valence-electron chi connectivity index (χ4n) is 8.55. The molecule has 60 heavy (non-hydrogen) atoms. The van der Waals surface area contributed by atoms with Crippen molar-refractivity contribution in [2.45, 2.75) is 40.5 Å². The minimum Gasteiger partial charge on any atom is -0.310 e. The Morgan fingerprint density at radius 2 is 1.05 bits per heavy atom. The summed E-state index contributed by atoms with van der Waals surface area (Å²) < 4.78 is 2.46. The van der Waals surface area contributed by atoms with E-state index in [1.165, 1.54) is 27.8 Å². The summed E-state index contributed by atoms with van der Waals surface area (Å²) in [5, 5.41) is 1.28. The molecule has 3 heterocycles. The van der Waals surface area contributed by atoms with Crippen molar-refractivity contribution < 1.29 is 0 Å². The number of anilines is 3. The summed E-state index contributed by atoms with van der Waals surface area (Å²) in [5.41, 5.74) is 16.1.